The van der Waals surface area contributed by atoms with Crippen molar-refractivity contribution in [2.75, 3.05) is 31.1 Å². The van der Waals surface area contributed by atoms with Crippen molar-refractivity contribution in [3.05, 3.63) is 65.3 Å². The topological polar surface area (TPSA) is 39.3 Å². The molecule has 3 aromatic rings. The highest BCUT2D eigenvalue weighted by Gasteiger charge is 2.21. The maximum absolute atomic E-state index is 12.6. The van der Waals surface area contributed by atoms with E-state index in [-0.39, 0.29) is 5.91 Å². The zero-order chi connectivity index (χ0) is 18.6. The largest absolute Gasteiger partial charge is 0.368 e. The van der Waals surface area contributed by atoms with Gasteiger partial charge in [-0.25, -0.2) is 0 Å². The number of nitrogens with one attached hydrogen (secondary N) is 1. The number of nitrogens with zero attached hydrogens (tertiary/aromatic N) is 2. The molecule has 1 N–H and O–H groups in total. The van der Waals surface area contributed by atoms with Gasteiger partial charge in [-0.05, 0) is 42.7 Å². The van der Waals surface area contributed by atoms with Crippen LogP contribution < -0.4 is 4.90 Å². The minimum absolute atomic E-state index is 0.264. The van der Waals surface area contributed by atoms with Crippen LogP contribution in [0.1, 0.15) is 18.4 Å². The molecule has 1 aliphatic heterocycles. The van der Waals surface area contributed by atoms with Gasteiger partial charge in [0.25, 0.3) is 0 Å². The maximum Gasteiger partial charge on any atom is 0.222 e. The number of fused-ring (bicyclic) bond motifs is 1. The fourth-order valence-electron chi connectivity index (χ4n) is 3.81. The molecule has 0 saturated carbocycles. The van der Waals surface area contributed by atoms with Crippen LogP contribution in [0.25, 0.3) is 10.9 Å². The van der Waals surface area contributed by atoms with Crippen molar-refractivity contribution >= 4 is 34.1 Å². The summed E-state index contributed by atoms with van der Waals surface area (Å²) >= 11 is 6.09. The summed E-state index contributed by atoms with van der Waals surface area (Å²) in [6, 6.07) is 16.2. The normalized spacial score (nSPS) is 14.7. The van der Waals surface area contributed by atoms with Gasteiger partial charge in [0.05, 0.1) is 0 Å². The molecular formula is C22H24ClN3O. The van der Waals surface area contributed by atoms with E-state index in [1.807, 2.05) is 29.2 Å². The lowest BCUT2D eigenvalue weighted by Gasteiger charge is -2.36. The number of halogens is 1. The highest BCUT2D eigenvalue weighted by Crippen LogP contribution is 2.22. The Kier molecular flexibility index (Phi) is 5.35. The number of anilines is 1. The second-order valence-corrected chi connectivity index (χ2v) is 7.50. The monoisotopic (exact) mass is 381 g/mol. The summed E-state index contributed by atoms with van der Waals surface area (Å²) in [6.07, 6.45) is 4.49. The van der Waals surface area contributed by atoms with E-state index in [9.17, 15) is 4.79 Å². The molecule has 2 aromatic carbocycles. The van der Waals surface area contributed by atoms with E-state index in [2.05, 4.69) is 40.3 Å². The third-order valence-corrected chi connectivity index (χ3v) is 5.55. The first kappa shape index (κ1) is 17.9. The van der Waals surface area contributed by atoms with E-state index in [0.29, 0.717) is 6.42 Å². The molecule has 1 amide bonds. The molecule has 4 rings (SSSR count). The molecule has 1 aromatic heterocycles. The number of aryl methyl sites for hydroxylation is 1. The van der Waals surface area contributed by atoms with Crippen molar-refractivity contribution in [3.63, 3.8) is 0 Å². The summed E-state index contributed by atoms with van der Waals surface area (Å²) in [7, 11) is 0. The Labute approximate surface area is 164 Å². The molecule has 0 aliphatic carbocycles. The summed E-state index contributed by atoms with van der Waals surface area (Å²) in [5, 5.41) is 2.02. The number of hydrogen-bond donors (Lipinski definition) is 1. The average molecular weight is 382 g/mol. The predicted molar refractivity (Wildman–Crippen MR) is 111 cm³/mol. The number of carbonyl (C=O) groups excluding carboxylic acids is 1. The van der Waals surface area contributed by atoms with Crippen molar-refractivity contribution in [2.24, 2.45) is 0 Å². The number of H-pyrrole nitrogens is 1. The van der Waals surface area contributed by atoms with Crippen LogP contribution in [-0.4, -0.2) is 42.0 Å². The Bertz CT molecular complexity index is 928. The SMILES string of the molecule is O=C(CCCc1c[nH]c2ccccc12)N1CCN(c2cccc(Cl)c2)CC1. The van der Waals surface area contributed by atoms with Crippen LogP contribution in [-0.2, 0) is 11.2 Å². The molecule has 0 radical (unpaired) electrons. The molecule has 4 nitrogen and oxygen atoms in total. The van der Waals surface area contributed by atoms with Crippen LogP contribution in [0.5, 0.6) is 0 Å². The number of aromatic amines is 1. The molecule has 1 aliphatic rings. The Hall–Kier alpha value is -2.46. The minimum atomic E-state index is 0.264. The molecular weight excluding hydrogens is 358 g/mol. The van der Waals surface area contributed by atoms with Crippen LogP contribution in [0.3, 0.4) is 0 Å². The lowest BCUT2D eigenvalue weighted by atomic mass is 10.1. The van der Waals surface area contributed by atoms with Gasteiger partial charge in [-0.1, -0.05) is 35.9 Å². The molecule has 27 heavy (non-hydrogen) atoms. The predicted octanol–water partition coefficient (Wildman–Crippen LogP) is 4.49. The Balaban J connectivity index is 1.26. The van der Waals surface area contributed by atoms with Gasteiger partial charge < -0.3 is 14.8 Å². The molecule has 2 heterocycles. The highest BCUT2D eigenvalue weighted by atomic mass is 35.5. The van der Waals surface area contributed by atoms with Gasteiger partial charge in [-0.3, -0.25) is 4.79 Å². The summed E-state index contributed by atoms with van der Waals surface area (Å²) < 4.78 is 0. The van der Waals surface area contributed by atoms with Crippen LogP contribution >= 0.6 is 11.6 Å². The molecule has 0 bridgehead atoms. The quantitative estimate of drug-likeness (QED) is 0.707. The molecule has 1 saturated heterocycles. The highest BCUT2D eigenvalue weighted by molar-refractivity contribution is 6.30. The number of rotatable bonds is 5. The second-order valence-electron chi connectivity index (χ2n) is 7.06. The van der Waals surface area contributed by atoms with Crippen LogP contribution in [0.2, 0.25) is 5.02 Å². The standard InChI is InChI=1S/C22H24ClN3O/c23-18-6-4-7-19(15-18)25-11-13-26(14-12-25)22(27)10-3-5-17-16-24-21-9-2-1-8-20(17)21/h1-2,4,6-9,15-16,24H,3,5,10-14H2. The fourth-order valence-corrected chi connectivity index (χ4v) is 4.00. The molecule has 1 fully saturated rings. The van der Waals surface area contributed by atoms with E-state index in [0.717, 1.165) is 55.2 Å². The average Bonchev–Trinajstić information content (AvgIpc) is 3.11. The summed E-state index contributed by atoms with van der Waals surface area (Å²) in [5.74, 6) is 0.264. The number of aromatic nitrogens is 1. The zero-order valence-corrected chi connectivity index (χ0v) is 16.1. The lowest BCUT2D eigenvalue weighted by molar-refractivity contribution is -0.131. The Morgan fingerprint density at radius 3 is 2.67 bits per heavy atom. The van der Waals surface area contributed by atoms with Gasteiger partial charge in [0.15, 0.2) is 0 Å². The summed E-state index contributed by atoms with van der Waals surface area (Å²) in [6.45, 7) is 3.26. The minimum Gasteiger partial charge on any atom is -0.368 e. The lowest BCUT2D eigenvalue weighted by Crippen LogP contribution is -2.48. The van der Waals surface area contributed by atoms with E-state index in [4.69, 9.17) is 11.6 Å². The van der Waals surface area contributed by atoms with Crippen LogP contribution in [0, 0.1) is 0 Å². The third kappa shape index (κ3) is 4.11. The Morgan fingerprint density at radius 1 is 1.04 bits per heavy atom. The maximum atomic E-state index is 12.6. The van der Waals surface area contributed by atoms with E-state index in [1.165, 1.54) is 10.9 Å². The van der Waals surface area contributed by atoms with Crippen molar-refractivity contribution in [1.29, 1.82) is 0 Å². The van der Waals surface area contributed by atoms with Gasteiger partial charge in [0, 0.05) is 60.4 Å². The van der Waals surface area contributed by atoms with Gasteiger partial charge in [0.1, 0.15) is 0 Å². The first-order valence-corrected chi connectivity index (χ1v) is 9.92. The number of carbonyl (C=O) groups is 1. The molecule has 0 atom stereocenters. The van der Waals surface area contributed by atoms with Crippen molar-refractivity contribution < 1.29 is 4.79 Å². The number of piperazine rings is 1. The third-order valence-electron chi connectivity index (χ3n) is 5.32. The van der Waals surface area contributed by atoms with Gasteiger partial charge >= 0.3 is 0 Å². The van der Waals surface area contributed by atoms with Crippen molar-refractivity contribution in [1.82, 2.24) is 9.88 Å². The molecule has 5 heteroatoms. The van der Waals surface area contributed by atoms with E-state index < -0.39 is 0 Å². The molecule has 0 spiro atoms. The Morgan fingerprint density at radius 2 is 1.85 bits per heavy atom. The summed E-state index contributed by atoms with van der Waals surface area (Å²) in [4.78, 5) is 20.2. The van der Waals surface area contributed by atoms with E-state index in [1.54, 1.807) is 0 Å². The van der Waals surface area contributed by atoms with Crippen LogP contribution in [0.15, 0.2) is 54.7 Å². The molecule has 140 valence electrons. The van der Waals surface area contributed by atoms with Gasteiger partial charge in [-0.2, -0.15) is 0 Å². The number of hydrogen-bond acceptors (Lipinski definition) is 2. The van der Waals surface area contributed by atoms with Gasteiger partial charge in [-0.15, -0.1) is 0 Å². The van der Waals surface area contributed by atoms with Crippen molar-refractivity contribution in [3.8, 4) is 0 Å². The fraction of sp³-hybridized carbons (Fsp3) is 0.318. The number of para-hydroxylation sites is 1. The first-order valence-electron chi connectivity index (χ1n) is 9.54. The smallest absolute Gasteiger partial charge is 0.222 e. The first-order chi connectivity index (χ1) is 13.2. The number of benzene rings is 2. The van der Waals surface area contributed by atoms with Crippen molar-refractivity contribution in [2.45, 2.75) is 19.3 Å². The van der Waals surface area contributed by atoms with E-state index >= 15 is 0 Å². The number of amides is 1. The molecule has 0 unspecified atom stereocenters. The van der Waals surface area contributed by atoms with Gasteiger partial charge in [0.2, 0.25) is 5.91 Å². The summed E-state index contributed by atoms with van der Waals surface area (Å²) in [5.41, 5.74) is 3.59. The zero-order valence-electron chi connectivity index (χ0n) is 15.3. The second kappa shape index (κ2) is 8.05. The van der Waals surface area contributed by atoms with Crippen LogP contribution in [0.4, 0.5) is 5.69 Å².